The fourth-order valence-electron chi connectivity index (χ4n) is 3.13. The number of ether oxygens (including phenoxy) is 2. The van der Waals surface area contributed by atoms with E-state index in [1.807, 2.05) is 41.3 Å². The number of hydrogen-bond acceptors (Lipinski definition) is 3. The highest BCUT2D eigenvalue weighted by atomic mass is 35.5. The molecular formula is C20H23ClN2O3. The fraction of sp³-hybridized carbons (Fsp3) is 0.350. The Morgan fingerprint density at radius 3 is 2.42 bits per heavy atom. The van der Waals surface area contributed by atoms with E-state index < -0.39 is 0 Å². The maximum atomic E-state index is 12.5. The van der Waals surface area contributed by atoms with Gasteiger partial charge in [0, 0.05) is 24.7 Å². The Morgan fingerprint density at radius 2 is 1.77 bits per heavy atom. The molecule has 2 aromatic rings. The number of halogens is 1. The highest BCUT2D eigenvalue weighted by Crippen LogP contribution is 2.33. The van der Waals surface area contributed by atoms with Crippen molar-refractivity contribution in [3.05, 3.63) is 58.1 Å². The summed E-state index contributed by atoms with van der Waals surface area (Å²) < 4.78 is 10.7. The van der Waals surface area contributed by atoms with Crippen molar-refractivity contribution in [3.8, 4) is 11.5 Å². The zero-order valence-electron chi connectivity index (χ0n) is 15.0. The lowest BCUT2D eigenvalue weighted by Gasteiger charge is -2.29. The Bertz CT molecular complexity index is 777. The summed E-state index contributed by atoms with van der Waals surface area (Å²) in [5, 5.41) is 3.71. The molecular weight excluding hydrogens is 352 g/mol. The van der Waals surface area contributed by atoms with E-state index in [2.05, 4.69) is 5.32 Å². The SMILES string of the molecule is COc1cc2c(cc1OC)CN(C(=O)NCCc1ccc(Cl)cc1)CC2. The second-order valence-electron chi connectivity index (χ2n) is 6.26. The van der Waals surface area contributed by atoms with Gasteiger partial charge in [-0.25, -0.2) is 4.79 Å². The van der Waals surface area contributed by atoms with Gasteiger partial charge in [0.05, 0.1) is 14.2 Å². The summed E-state index contributed by atoms with van der Waals surface area (Å²) in [6.07, 6.45) is 1.58. The van der Waals surface area contributed by atoms with Gasteiger partial charge in [-0.15, -0.1) is 0 Å². The van der Waals surface area contributed by atoms with E-state index in [1.54, 1.807) is 14.2 Å². The number of methoxy groups -OCH3 is 2. The highest BCUT2D eigenvalue weighted by Gasteiger charge is 2.22. The van der Waals surface area contributed by atoms with E-state index in [9.17, 15) is 4.79 Å². The van der Waals surface area contributed by atoms with Crippen LogP contribution in [0.25, 0.3) is 0 Å². The Kier molecular flexibility index (Phi) is 5.89. The van der Waals surface area contributed by atoms with Crippen molar-refractivity contribution < 1.29 is 14.3 Å². The number of carbonyl (C=O) groups is 1. The summed E-state index contributed by atoms with van der Waals surface area (Å²) in [7, 11) is 3.25. The molecule has 1 aliphatic rings. The number of amides is 2. The Balaban J connectivity index is 1.57. The molecule has 138 valence electrons. The molecule has 3 rings (SSSR count). The third kappa shape index (κ3) is 4.22. The van der Waals surface area contributed by atoms with Crippen molar-refractivity contribution in [2.45, 2.75) is 19.4 Å². The molecule has 0 aliphatic carbocycles. The molecule has 6 heteroatoms. The minimum atomic E-state index is -0.0422. The van der Waals surface area contributed by atoms with Crippen LogP contribution in [-0.2, 0) is 19.4 Å². The quantitative estimate of drug-likeness (QED) is 0.868. The number of fused-ring (bicyclic) bond motifs is 1. The van der Waals surface area contributed by atoms with E-state index in [4.69, 9.17) is 21.1 Å². The van der Waals surface area contributed by atoms with Crippen LogP contribution >= 0.6 is 11.6 Å². The molecule has 26 heavy (non-hydrogen) atoms. The molecule has 2 amide bonds. The topological polar surface area (TPSA) is 50.8 Å². The smallest absolute Gasteiger partial charge is 0.317 e. The predicted molar refractivity (Wildman–Crippen MR) is 102 cm³/mol. The van der Waals surface area contributed by atoms with Crippen LogP contribution in [0.1, 0.15) is 16.7 Å². The molecule has 1 N–H and O–H groups in total. The number of urea groups is 1. The molecule has 0 atom stereocenters. The van der Waals surface area contributed by atoms with Gasteiger partial charge in [0.2, 0.25) is 0 Å². The van der Waals surface area contributed by atoms with E-state index in [0.717, 1.165) is 34.7 Å². The summed E-state index contributed by atoms with van der Waals surface area (Å²) in [5.41, 5.74) is 3.45. The Labute approximate surface area is 158 Å². The van der Waals surface area contributed by atoms with Gasteiger partial charge in [-0.1, -0.05) is 23.7 Å². The number of hydrogen-bond donors (Lipinski definition) is 1. The van der Waals surface area contributed by atoms with Crippen molar-refractivity contribution >= 4 is 17.6 Å². The lowest BCUT2D eigenvalue weighted by atomic mass is 9.99. The minimum absolute atomic E-state index is 0.0422. The number of rotatable bonds is 5. The molecule has 0 bridgehead atoms. The van der Waals surface area contributed by atoms with E-state index in [1.165, 1.54) is 5.56 Å². The summed E-state index contributed by atoms with van der Waals surface area (Å²) in [5.74, 6) is 1.42. The average Bonchev–Trinajstić information content (AvgIpc) is 2.67. The molecule has 0 fully saturated rings. The van der Waals surface area contributed by atoms with Crippen molar-refractivity contribution in [2.75, 3.05) is 27.3 Å². The molecule has 1 heterocycles. The first kappa shape index (κ1) is 18.4. The molecule has 1 aliphatic heterocycles. The molecule has 0 spiro atoms. The van der Waals surface area contributed by atoms with Crippen LogP contribution in [-0.4, -0.2) is 38.2 Å². The van der Waals surface area contributed by atoms with Gasteiger partial charge >= 0.3 is 6.03 Å². The normalized spacial score (nSPS) is 13.1. The summed E-state index contributed by atoms with van der Waals surface area (Å²) in [4.78, 5) is 14.3. The van der Waals surface area contributed by atoms with Gasteiger partial charge in [0.25, 0.3) is 0 Å². The maximum absolute atomic E-state index is 12.5. The summed E-state index contributed by atoms with van der Waals surface area (Å²) >= 11 is 5.89. The fourth-order valence-corrected chi connectivity index (χ4v) is 3.26. The summed E-state index contributed by atoms with van der Waals surface area (Å²) in [6, 6.07) is 11.6. The van der Waals surface area contributed by atoms with E-state index in [0.29, 0.717) is 25.4 Å². The van der Waals surface area contributed by atoms with Gasteiger partial charge in [0.1, 0.15) is 0 Å². The molecule has 2 aromatic carbocycles. The average molecular weight is 375 g/mol. The van der Waals surface area contributed by atoms with Gasteiger partial charge in [-0.2, -0.15) is 0 Å². The largest absolute Gasteiger partial charge is 0.493 e. The van der Waals surface area contributed by atoms with Gasteiger partial charge in [-0.3, -0.25) is 0 Å². The number of carbonyl (C=O) groups excluding carboxylic acids is 1. The first-order chi connectivity index (χ1) is 12.6. The number of nitrogens with zero attached hydrogens (tertiary/aromatic N) is 1. The van der Waals surface area contributed by atoms with E-state index >= 15 is 0 Å². The van der Waals surface area contributed by atoms with Crippen LogP contribution in [0.2, 0.25) is 5.02 Å². The third-order valence-electron chi connectivity index (χ3n) is 4.61. The van der Waals surface area contributed by atoms with Crippen LogP contribution in [0, 0.1) is 0 Å². The highest BCUT2D eigenvalue weighted by molar-refractivity contribution is 6.30. The Morgan fingerprint density at radius 1 is 1.12 bits per heavy atom. The van der Waals surface area contributed by atoms with Crippen LogP contribution in [0.15, 0.2) is 36.4 Å². The minimum Gasteiger partial charge on any atom is -0.493 e. The lowest BCUT2D eigenvalue weighted by Crippen LogP contribution is -2.43. The zero-order chi connectivity index (χ0) is 18.5. The molecule has 0 radical (unpaired) electrons. The van der Waals surface area contributed by atoms with Crippen LogP contribution < -0.4 is 14.8 Å². The number of nitrogens with one attached hydrogen (secondary N) is 1. The second kappa shape index (κ2) is 8.32. The first-order valence-corrected chi connectivity index (χ1v) is 8.99. The van der Waals surface area contributed by atoms with E-state index in [-0.39, 0.29) is 6.03 Å². The lowest BCUT2D eigenvalue weighted by molar-refractivity contribution is 0.192. The van der Waals surface area contributed by atoms with Gasteiger partial charge in [-0.05, 0) is 53.8 Å². The van der Waals surface area contributed by atoms with Gasteiger partial charge in [0.15, 0.2) is 11.5 Å². The second-order valence-corrected chi connectivity index (χ2v) is 6.69. The maximum Gasteiger partial charge on any atom is 0.317 e. The predicted octanol–water partition coefficient (Wildman–Crippen LogP) is 3.67. The van der Waals surface area contributed by atoms with Gasteiger partial charge < -0.3 is 19.7 Å². The first-order valence-electron chi connectivity index (χ1n) is 8.61. The summed E-state index contributed by atoms with van der Waals surface area (Å²) in [6.45, 7) is 1.85. The molecule has 0 saturated carbocycles. The molecule has 0 unspecified atom stereocenters. The third-order valence-corrected chi connectivity index (χ3v) is 4.86. The molecule has 0 aromatic heterocycles. The van der Waals surface area contributed by atoms with Crippen molar-refractivity contribution in [2.24, 2.45) is 0 Å². The van der Waals surface area contributed by atoms with Crippen molar-refractivity contribution in [1.29, 1.82) is 0 Å². The standard InChI is InChI=1S/C20H23ClN2O3/c1-25-18-11-15-8-10-23(13-16(15)12-19(18)26-2)20(24)22-9-7-14-3-5-17(21)6-4-14/h3-6,11-12H,7-10,13H2,1-2H3,(H,22,24). The molecule has 5 nitrogen and oxygen atoms in total. The van der Waals surface area contributed by atoms with Crippen LogP contribution in [0.5, 0.6) is 11.5 Å². The number of benzene rings is 2. The monoisotopic (exact) mass is 374 g/mol. The van der Waals surface area contributed by atoms with Crippen LogP contribution in [0.4, 0.5) is 4.79 Å². The zero-order valence-corrected chi connectivity index (χ0v) is 15.8. The molecule has 0 saturated heterocycles. The van der Waals surface area contributed by atoms with Crippen molar-refractivity contribution in [1.82, 2.24) is 10.2 Å². The van der Waals surface area contributed by atoms with Crippen LogP contribution in [0.3, 0.4) is 0 Å². The Hall–Kier alpha value is -2.40. The van der Waals surface area contributed by atoms with Crippen molar-refractivity contribution in [3.63, 3.8) is 0 Å².